The SMILES string of the molecule is COc1ccc(C(c2ccccc2)C(O)CN(C)C)cc1. The molecule has 2 unspecified atom stereocenters. The van der Waals surface area contributed by atoms with Gasteiger partial charge in [-0.05, 0) is 37.4 Å². The first-order chi connectivity index (χ1) is 10.1. The van der Waals surface area contributed by atoms with Gasteiger partial charge in [-0.15, -0.1) is 0 Å². The summed E-state index contributed by atoms with van der Waals surface area (Å²) in [5, 5.41) is 10.6. The molecule has 0 radical (unpaired) electrons. The number of likely N-dealkylation sites (N-methyl/N-ethyl adjacent to an activating group) is 1. The second kappa shape index (κ2) is 7.25. The first-order valence-electron chi connectivity index (χ1n) is 7.13. The molecule has 1 N–H and O–H groups in total. The molecule has 2 atom stereocenters. The lowest BCUT2D eigenvalue weighted by Crippen LogP contribution is -2.31. The van der Waals surface area contributed by atoms with Crippen molar-refractivity contribution in [3.8, 4) is 5.75 Å². The molecule has 112 valence electrons. The van der Waals surface area contributed by atoms with Gasteiger partial charge < -0.3 is 14.7 Å². The first kappa shape index (κ1) is 15.5. The van der Waals surface area contributed by atoms with Crippen molar-refractivity contribution in [1.29, 1.82) is 0 Å². The Morgan fingerprint density at radius 3 is 2.05 bits per heavy atom. The van der Waals surface area contributed by atoms with E-state index in [1.165, 1.54) is 0 Å². The number of hydrogen-bond donors (Lipinski definition) is 1. The van der Waals surface area contributed by atoms with Crippen LogP contribution in [-0.4, -0.2) is 43.9 Å². The Bertz CT molecular complexity index is 537. The number of aliphatic hydroxyl groups excluding tert-OH is 1. The zero-order chi connectivity index (χ0) is 15.2. The molecule has 0 aliphatic heterocycles. The summed E-state index contributed by atoms with van der Waals surface area (Å²) in [5.74, 6) is 0.784. The molecule has 0 bridgehead atoms. The summed E-state index contributed by atoms with van der Waals surface area (Å²) in [5.41, 5.74) is 2.22. The Labute approximate surface area is 126 Å². The van der Waals surface area contributed by atoms with Gasteiger partial charge in [-0.3, -0.25) is 0 Å². The van der Waals surface area contributed by atoms with Crippen LogP contribution in [0, 0.1) is 0 Å². The topological polar surface area (TPSA) is 32.7 Å². The van der Waals surface area contributed by atoms with Crippen LogP contribution >= 0.6 is 0 Å². The van der Waals surface area contributed by atoms with Crippen molar-refractivity contribution in [2.45, 2.75) is 12.0 Å². The molecule has 2 aromatic carbocycles. The van der Waals surface area contributed by atoms with Crippen molar-refractivity contribution in [1.82, 2.24) is 4.90 Å². The second-order valence-corrected chi connectivity index (χ2v) is 5.49. The van der Waals surface area contributed by atoms with Crippen molar-refractivity contribution in [2.75, 3.05) is 27.7 Å². The van der Waals surface area contributed by atoms with Crippen LogP contribution in [0.5, 0.6) is 5.75 Å². The van der Waals surface area contributed by atoms with Crippen LogP contribution in [0.2, 0.25) is 0 Å². The highest BCUT2D eigenvalue weighted by molar-refractivity contribution is 5.37. The molecule has 0 aliphatic rings. The minimum atomic E-state index is -0.462. The van der Waals surface area contributed by atoms with E-state index in [2.05, 4.69) is 12.1 Å². The van der Waals surface area contributed by atoms with Crippen LogP contribution in [-0.2, 0) is 0 Å². The van der Waals surface area contributed by atoms with Crippen molar-refractivity contribution in [3.05, 3.63) is 65.7 Å². The van der Waals surface area contributed by atoms with Gasteiger partial charge in [0.2, 0.25) is 0 Å². The van der Waals surface area contributed by atoms with Gasteiger partial charge >= 0.3 is 0 Å². The number of nitrogens with zero attached hydrogens (tertiary/aromatic N) is 1. The van der Waals surface area contributed by atoms with Gasteiger partial charge in [-0.2, -0.15) is 0 Å². The predicted molar refractivity (Wildman–Crippen MR) is 85.8 cm³/mol. The summed E-state index contributed by atoms with van der Waals surface area (Å²) < 4.78 is 5.21. The van der Waals surface area contributed by atoms with Gasteiger partial charge in [0.05, 0.1) is 13.2 Å². The van der Waals surface area contributed by atoms with Gasteiger partial charge in [0, 0.05) is 12.5 Å². The van der Waals surface area contributed by atoms with Gasteiger partial charge in [0.25, 0.3) is 0 Å². The standard InChI is InChI=1S/C18H23NO2/c1-19(2)13-17(20)18(14-7-5-4-6-8-14)15-9-11-16(21-3)12-10-15/h4-12,17-18,20H,13H2,1-3H3. The molecule has 0 spiro atoms. The average Bonchev–Trinajstić information content (AvgIpc) is 2.48. The largest absolute Gasteiger partial charge is 0.497 e. The smallest absolute Gasteiger partial charge is 0.118 e. The molecule has 21 heavy (non-hydrogen) atoms. The maximum absolute atomic E-state index is 10.6. The Morgan fingerprint density at radius 1 is 0.952 bits per heavy atom. The second-order valence-electron chi connectivity index (χ2n) is 5.49. The van der Waals surface area contributed by atoms with Gasteiger partial charge in [0.15, 0.2) is 0 Å². The van der Waals surface area contributed by atoms with E-state index in [9.17, 15) is 5.11 Å². The van der Waals surface area contributed by atoms with Crippen LogP contribution in [0.4, 0.5) is 0 Å². The number of rotatable bonds is 6. The summed E-state index contributed by atoms with van der Waals surface area (Å²) in [6.45, 7) is 0.617. The van der Waals surface area contributed by atoms with E-state index in [0.717, 1.165) is 16.9 Å². The number of hydrogen-bond acceptors (Lipinski definition) is 3. The zero-order valence-corrected chi connectivity index (χ0v) is 12.9. The normalized spacial score (nSPS) is 14.0. The Kier molecular flexibility index (Phi) is 5.37. The third-order valence-electron chi connectivity index (χ3n) is 3.57. The minimum absolute atomic E-state index is 0.0421. The van der Waals surface area contributed by atoms with Gasteiger partial charge in [0.1, 0.15) is 5.75 Å². The molecule has 0 saturated carbocycles. The van der Waals surface area contributed by atoms with E-state index in [1.54, 1.807) is 7.11 Å². The highest BCUT2D eigenvalue weighted by Crippen LogP contribution is 2.29. The third-order valence-corrected chi connectivity index (χ3v) is 3.57. The van der Waals surface area contributed by atoms with Gasteiger partial charge in [-0.25, -0.2) is 0 Å². The van der Waals surface area contributed by atoms with Crippen LogP contribution in [0.1, 0.15) is 17.0 Å². The molecule has 0 aliphatic carbocycles. The van der Waals surface area contributed by atoms with E-state index in [4.69, 9.17) is 4.74 Å². The van der Waals surface area contributed by atoms with Crippen LogP contribution in [0.15, 0.2) is 54.6 Å². The molecule has 0 amide bonds. The van der Waals surface area contributed by atoms with Crippen LogP contribution < -0.4 is 4.74 Å². The highest BCUT2D eigenvalue weighted by Gasteiger charge is 2.23. The zero-order valence-electron chi connectivity index (χ0n) is 12.9. The Hall–Kier alpha value is -1.84. The Balaban J connectivity index is 2.34. The molecule has 3 heteroatoms. The predicted octanol–water partition coefficient (Wildman–Crippen LogP) is 2.75. The molecule has 0 fully saturated rings. The molecule has 3 nitrogen and oxygen atoms in total. The molecular weight excluding hydrogens is 262 g/mol. The fourth-order valence-corrected chi connectivity index (χ4v) is 2.59. The molecule has 0 saturated heterocycles. The molecular formula is C18H23NO2. The molecule has 0 heterocycles. The maximum atomic E-state index is 10.6. The fraction of sp³-hybridized carbons (Fsp3) is 0.333. The first-order valence-corrected chi connectivity index (χ1v) is 7.13. The van der Waals surface area contributed by atoms with E-state index in [-0.39, 0.29) is 5.92 Å². The van der Waals surface area contributed by atoms with E-state index >= 15 is 0 Å². The molecule has 0 aromatic heterocycles. The van der Waals surface area contributed by atoms with Crippen LogP contribution in [0.3, 0.4) is 0 Å². The average molecular weight is 285 g/mol. The molecule has 2 aromatic rings. The van der Waals surface area contributed by atoms with Crippen molar-refractivity contribution in [3.63, 3.8) is 0 Å². The summed E-state index contributed by atoms with van der Waals surface area (Å²) in [6.07, 6.45) is -0.462. The number of aliphatic hydroxyl groups is 1. The number of benzene rings is 2. The lowest BCUT2D eigenvalue weighted by molar-refractivity contribution is 0.121. The van der Waals surface area contributed by atoms with E-state index in [0.29, 0.717) is 6.54 Å². The number of methoxy groups -OCH3 is 1. The van der Waals surface area contributed by atoms with Crippen LogP contribution in [0.25, 0.3) is 0 Å². The maximum Gasteiger partial charge on any atom is 0.118 e. The fourth-order valence-electron chi connectivity index (χ4n) is 2.59. The summed E-state index contributed by atoms with van der Waals surface area (Å²) in [6, 6.07) is 18.1. The Morgan fingerprint density at radius 2 is 1.52 bits per heavy atom. The van der Waals surface area contributed by atoms with Crippen molar-refractivity contribution >= 4 is 0 Å². The van der Waals surface area contributed by atoms with Gasteiger partial charge in [-0.1, -0.05) is 42.5 Å². The van der Waals surface area contributed by atoms with Crippen molar-refractivity contribution in [2.24, 2.45) is 0 Å². The van der Waals surface area contributed by atoms with E-state index < -0.39 is 6.10 Å². The summed E-state index contributed by atoms with van der Waals surface area (Å²) >= 11 is 0. The molecule has 2 rings (SSSR count). The van der Waals surface area contributed by atoms with Crippen molar-refractivity contribution < 1.29 is 9.84 Å². The lowest BCUT2D eigenvalue weighted by atomic mass is 9.86. The monoisotopic (exact) mass is 285 g/mol. The third kappa shape index (κ3) is 4.06. The minimum Gasteiger partial charge on any atom is -0.497 e. The van der Waals surface area contributed by atoms with E-state index in [1.807, 2.05) is 61.5 Å². The highest BCUT2D eigenvalue weighted by atomic mass is 16.5. The quantitative estimate of drug-likeness (QED) is 0.886. The summed E-state index contributed by atoms with van der Waals surface area (Å²) in [4.78, 5) is 2.00. The number of ether oxygens (including phenoxy) is 1. The lowest BCUT2D eigenvalue weighted by Gasteiger charge is -2.26. The summed E-state index contributed by atoms with van der Waals surface area (Å²) in [7, 11) is 5.60.